The fraction of sp³-hybridized carbons (Fsp3) is 0.375. The van der Waals surface area contributed by atoms with E-state index in [9.17, 15) is 9.59 Å². The van der Waals surface area contributed by atoms with Gasteiger partial charge in [0.2, 0.25) is 5.91 Å². The number of nitrogens with zero attached hydrogens (tertiary/aromatic N) is 1. The molecule has 3 N–H and O–H groups in total. The van der Waals surface area contributed by atoms with Crippen molar-refractivity contribution in [1.82, 2.24) is 5.32 Å². The Balaban J connectivity index is 1.87. The summed E-state index contributed by atoms with van der Waals surface area (Å²) >= 11 is 0. The fourth-order valence-corrected chi connectivity index (χ4v) is 3.47. The van der Waals surface area contributed by atoms with Gasteiger partial charge in [0.25, 0.3) is 5.91 Å². The lowest BCUT2D eigenvalue weighted by atomic mass is 9.86. The number of amides is 2. The number of hydrogen-bond donors (Lipinski definition) is 2. The van der Waals surface area contributed by atoms with Crippen molar-refractivity contribution in [2.45, 2.75) is 24.9 Å². The van der Waals surface area contributed by atoms with Crippen molar-refractivity contribution in [3.05, 3.63) is 35.5 Å². The summed E-state index contributed by atoms with van der Waals surface area (Å²) in [5.74, 6) is 0.112. The summed E-state index contributed by atoms with van der Waals surface area (Å²) in [6, 6.07) is 5.67. The first-order valence-electron chi connectivity index (χ1n) is 7.46. The summed E-state index contributed by atoms with van der Waals surface area (Å²) in [7, 11) is 0. The standard InChI is InChI=1S/C16H17N3O3/c17-14(20)11-8-10-2-1-3-12-13(10)19(9-11)15(21)16(22-12)4-6-18-7-5-16/h1-3,9,18H,4-8H2,(H2,17,20). The van der Waals surface area contributed by atoms with E-state index in [-0.39, 0.29) is 5.91 Å². The number of anilines is 1. The number of nitrogens with two attached hydrogens (primary N) is 1. The molecule has 0 aliphatic carbocycles. The largest absolute Gasteiger partial charge is 0.475 e. The van der Waals surface area contributed by atoms with Crippen LogP contribution in [0, 0.1) is 0 Å². The van der Waals surface area contributed by atoms with Gasteiger partial charge in [0.15, 0.2) is 5.60 Å². The summed E-state index contributed by atoms with van der Waals surface area (Å²) in [5, 5.41) is 3.25. The van der Waals surface area contributed by atoms with Crippen LogP contribution in [0.5, 0.6) is 5.75 Å². The molecule has 2 amide bonds. The van der Waals surface area contributed by atoms with E-state index in [2.05, 4.69) is 5.32 Å². The van der Waals surface area contributed by atoms with Gasteiger partial charge in [0.05, 0.1) is 5.69 Å². The predicted octanol–water partition coefficient (Wildman–Crippen LogP) is 0.459. The molecule has 0 radical (unpaired) electrons. The van der Waals surface area contributed by atoms with Gasteiger partial charge < -0.3 is 15.8 Å². The van der Waals surface area contributed by atoms with Gasteiger partial charge in [-0.1, -0.05) is 12.1 Å². The summed E-state index contributed by atoms with van der Waals surface area (Å²) in [4.78, 5) is 26.2. The number of benzene rings is 1. The van der Waals surface area contributed by atoms with Crippen molar-refractivity contribution < 1.29 is 14.3 Å². The molecule has 3 aliphatic rings. The molecule has 1 saturated heterocycles. The number of primary amides is 1. The highest BCUT2D eigenvalue weighted by Gasteiger charge is 2.49. The molecule has 1 aromatic carbocycles. The minimum Gasteiger partial charge on any atom is -0.475 e. The number of hydrogen-bond acceptors (Lipinski definition) is 4. The maximum Gasteiger partial charge on any atom is 0.275 e. The van der Waals surface area contributed by atoms with E-state index in [1.807, 2.05) is 18.2 Å². The number of carbonyl (C=O) groups is 2. The molecule has 6 heteroatoms. The molecule has 0 saturated carbocycles. The van der Waals surface area contributed by atoms with Crippen molar-refractivity contribution >= 4 is 17.5 Å². The lowest BCUT2D eigenvalue weighted by Crippen LogP contribution is -2.59. The van der Waals surface area contributed by atoms with Crippen LogP contribution in [0.3, 0.4) is 0 Å². The number of ether oxygens (including phenoxy) is 1. The quantitative estimate of drug-likeness (QED) is 0.789. The Morgan fingerprint density at radius 2 is 2.09 bits per heavy atom. The first-order valence-corrected chi connectivity index (χ1v) is 7.46. The monoisotopic (exact) mass is 299 g/mol. The van der Waals surface area contributed by atoms with E-state index >= 15 is 0 Å². The van der Waals surface area contributed by atoms with Gasteiger partial charge in [-0.05, 0) is 24.7 Å². The SMILES string of the molecule is NC(=O)C1=CN2C(=O)C3(CCNCC3)Oc3cccc(c32)C1. The van der Waals surface area contributed by atoms with Crippen molar-refractivity contribution in [2.75, 3.05) is 18.0 Å². The number of para-hydroxylation sites is 1. The predicted molar refractivity (Wildman–Crippen MR) is 80.4 cm³/mol. The van der Waals surface area contributed by atoms with Gasteiger partial charge in [-0.15, -0.1) is 0 Å². The highest BCUT2D eigenvalue weighted by atomic mass is 16.5. The van der Waals surface area contributed by atoms with Crippen molar-refractivity contribution in [3.8, 4) is 5.75 Å². The van der Waals surface area contributed by atoms with Gasteiger partial charge in [-0.3, -0.25) is 14.5 Å². The Kier molecular flexibility index (Phi) is 2.77. The van der Waals surface area contributed by atoms with E-state index in [0.29, 0.717) is 30.6 Å². The third-order valence-electron chi connectivity index (χ3n) is 4.63. The van der Waals surface area contributed by atoms with Crippen LogP contribution in [0.4, 0.5) is 5.69 Å². The zero-order chi connectivity index (χ0) is 15.3. The Bertz CT molecular complexity index is 705. The molecule has 0 unspecified atom stereocenters. The molecule has 114 valence electrons. The van der Waals surface area contributed by atoms with E-state index in [4.69, 9.17) is 10.5 Å². The molecule has 4 rings (SSSR count). The van der Waals surface area contributed by atoms with Crippen molar-refractivity contribution in [3.63, 3.8) is 0 Å². The summed E-state index contributed by atoms with van der Waals surface area (Å²) in [6.07, 6.45) is 3.25. The lowest BCUT2D eigenvalue weighted by molar-refractivity contribution is -0.137. The average molecular weight is 299 g/mol. The lowest BCUT2D eigenvalue weighted by Gasteiger charge is -2.45. The molecule has 3 heterocycles. The van der Waals surface area contributed by atoms with E-state index in [1.165, 1.54) is 0 Å². The van der Waals surface area contributed by atoms with Crippen LogP contribution < -0.4 is 20.7 Å². The van der Waals surface area contributed by atoms with Crippen LogP contribution in [-0.4, -0.2) is 30.5 Å². The zero-order valence-corrected chi connectivity index (χ0v) is 12.1. The van der Waals surface area contributed by atoms with Gasteiger partial charge in [0, 0.05) is 31.0 Å². The topological polar surface area (TPSA) is 84.7 Å². The second kappa shape index (κ2) is 4.58. The van der Waals surface area contributed by atoms with E-state index < -0.39 is 11.5 Å². The van der Waals surface area contributed by atoms with Crippen molar-refractivity contribution in [2.24, 2.45) is 5.73 Å². The summed E-state index contributed by atoms with van der Waals surface area (Å²) < 4.78 is 6.14. The third kappa shape index (κ3) is 1.77. The van der Waals surface area contributed by atoms with Crippen LogP contribution in [0.1, 0.15) is 18.4 Å². The minimum absolute atomic E-state index is 0.104. The third-order valence-corrected chi connectivity index (χ3v) is 4.63. The Morgan fingerprint density at radius 3 is 2.82 bits per heavy atom. The smallest absolute Gasteiger partial charge is 0.275 e. The Morgan fingerprint density at radius 1 is 1.32 bits per heavy atom. The fourth-order valence-electron chi connectivity index (χ4n) is 3.47. The Labute approximate surface area is 127 Å². The van der Waals surface area contributed by atoms with Crippen LogP contribution in [0.25, 0.3) is 0 Å². The van der Waals surface area contributed by atoms with Crippen LogP contribution >= 0.6 is 0 Å². The highest BCUT2D eigenvalue weighted by Crippen LogP contribution is 2.45. The molecule has 0 bridgehead atoms. The molecule has 22 heavy (non-hydrogen) atoms. The summed E-state index contributed by atoms with van der Waals surface area (Å²) in [6.45, 7) is 1.47. The number of piperidine rings is 1. The average Bonchev–Trinajstić information content (AvgIpc) is 2.53. The van der Waals surface area contributed by atoms with Gasteiger partial charge >= 0.3 is 0 Å². The highest BCUT2D eigenvalue weighted by molar-refractivity contribution is 6.08. The number of nitrogens with one attached hydrogen (secondary N) is 1. The first kappa shape index (κ1) is 13.3. The first-order chi connectivity index (χ1) is 10.6. The molecule has 1 spiro atoms. The number of carbonyl (C=O) groups excluding carboxylic acids is 2. The second-order valence-corrected chi connectivity index (χ2v) is 5.98. The molecule has 0 aromatic heterocycles. The van der Waals surface area contributed by atoms with E-state index in [1.54, 1.807) is 11.1 Å². The second-order valence-electron chi connectivity index (χ2n) is 5.98. The van der Waals surface area contributed by atoms with E-state index in [0.717, 1.165) is 24.3 Å². The molecule has 3 aliphatic heterocycles. The normalized spacial score (nSPS) is 21.9. The van der Waals surface area contributed by atoms with Crippen molar-refractivity contribution in [1.29, 1.82) is 0 Å². The van der Waals surface area contributed by atoms with Gasteiger partial charge in [-0.25, -0.2) is 0 Å². The maximum atomic E-state index is 13.0. The summed E-state index contributed by atoms with van der Waals surface area (Å²) in [5.41, 5.74) is 6.68. The zero-order valence-electron chi connectivity index (χ0n) is 12.1. The molecular formula is C16H17N3O3. The van der Waals surface area contributed by atoms with Crippen LogP contribution in [-0.2, 0) is 16.0 Å². The minimum atomic E-state index is -0.840. The molecule has 6 nitrogen and oxygen atoms in total. The van der Waals surface area contributed by atoms with Gasteiger partial charge in [0.1, 0.15) is 5.75 Å². The molecule has 0 atom stereocenters. The van der Waals surface area contributed by atoms with Crippen LogP contribution in [0.2, 0.25) is 0 Å². The molecule has 1 aromatic rings. The maximum absolute atomic E-state index is 13.0. The van der Waals surface area contributed by atoms with Crippen LogP contribution in [0.15, 0.2) is 30.0 Å². The molecular weight excluding hydrogens is 282 g/mol. The van der Waals surface area contributed by atoms with Gasteiger partial charge in [-0.2, -0.15) is 0 Å². The molecule has 1 fully saturated rings. The Hall–Kier alpha value is -2.34. The number of rotatable bonds is 1.